The third kappa shape index (κ3) is 5.97. The number of aryl methyl sites for hydroxylation is 2. The molecule has 10 aromatic rings. The van der Waals surface area contributed by atoms with Gasteiger partial charge in [0.05, 0.1) is 27.7 Å². The molecule has 5 nitrogen and oxygen atoms in total. The Hall–Kier alpha value is -6.46. The summed E-state index contributed by atoms with van der Waals surface area (Å²) in [5.74, 6) is 1.31. The van der Waals surface area contributed by atoms with Gasteiger partial charge in [0.2, 0.25) is 5.71 Å². The summed E-state index contributed by atoms with van der Waals surface area (Å²) >= 11 is 0. The summed E-state index contributed by atoms with van der Waals surface area (Å²) in [4.78, 5) is 10.4. The van der Waals surface area contributed by atoms with Crippen LogP contribution in [0.4, 0.5) is 0 Å². The lowest BCUT2D eigenvalue weighted by molar-refractivity contribution is 0.589. The fourth-order valence-corrected chi connectivity index (χ4v) is 9.12. The van der Waals surface area contributed by atoms with Crippen LogP contribution < -0.4 is 0 Å². The van der Waals surface area contributed by atoms with Crippen LogP contribution in [0.25, 0.3) is 94.5 Å². The monoisotopic (exact) mass is 771 g/mol. The van der Waals surface area contributed by atoms with Crippen molar-refractivity contribution in [1.82, 2.24) is 14.5 Å². The van der Waals surface area contributed by atoms with Crippen LogP contribution in [0.3, 0.4) is 0 Å². The van der Waals surface area contributed by atoms with Crippen LogP contribution in [0.2, 0.25) is 0 Å². The van der Waals surface area contributed by atoms with Gasteiger partial charge in [-0.3, -0.25) is 4.57 Å². The molecule has 4 aromatic heterocycles. The Labute approximate surface area is 345 Å². The number of furan rings is 2. The van der Waals surface area contributed by atoms with Crippen molar-refractivity contribution >= 4 is 55.2 Å². The Morgan fingerprint density at radius 2 is 1.22 bits per heavy atom. The Kier molecular flexibility index (Phi) is 8.47. The number of aromatic nitrogens is 3. The molecule has 0 aliphatic carbocycles. The van der Waals surface area contributed by atoms with Crippen LogP contribution in [0.15, 0.2) is 130 Å². The molecule has 5 heteroatoms. The summed E-state index contributed by atoms with van der Waals surface area (Å²) in [5.41, 5.74) is 19.5. The minimum Gasteiger partial charge on any atom is -0.454 e. The Balaban J connectivity index is 1.15. The van der Waals surface area contributed by atoms with Gasteiger partial charge in [-0.1, -0.05) is 121 Å². The number of hydrogen-bond donors (Lipinski definition) is 0. The van der Waals surface area contributed by atoms with Crippen molar-refractivity contribution in [2.24, 2.45) is 0 Å². The summed E-state index contributed by atoms with van der Waals surface area (Å²) in [7, 11) is 0. The molecule has 0 amide bonds. The van der Waals surface area contributed by atoms with E-state index in [1.54, 1.807) is 0 Å². The molecule has 0 unspecified atom stereocenters. The van der Waals surface area contributed by atoms with Crippen molar-refractivity contribution in [1.29, 1.82) is 0 Å². The highest BCUT2D eigenvalue weighted by Gasteiger charge is 2.26. The second-order valence-corrected chi connectivity index (χ2v) is 18.0. The predicted molar refractivity (Wildman–Crippen MR) is 246 cm³/mol. The van der Waals surface area contributed by atoms with Crippen LogP contribution in [0.1, 0.15) is 88.1 Å². The molecule has 10 rings (SSSR count). The summed E-state index contributed by atoms with van der Waals surface area (Å²) in [5, 5.41) is 2.88. The Morgan fingerprint density at radius 1 is 0.576 bits per heavy atom. The van der Waals surface area contributed by atoms with E-state index in [-0.39, 0.29) is 17.3 Å². The number of nitrogens with zero attached hydrogens (tertiary/aromatic N) is 3. The standard InChI is InChI=1S/C54H49N3O2/c1-30(2)41-27-36(34-21-23-35(24-22-34)48-32(5)25-37(26-33(48)6)54(7,8)9)28-42(31(3)4)50(41)57-45-19-12-11-18-44(45)55-52(57)40-17-14-16-38-43-29-47-49(56-53(43)59-51(38)40)39-15-10-13-20-46(39)58-47/h10-31H,1-9H3. The molecular weight excluding hydrogens is 723 g/mol. The highest BCUT2D eigenvalue weighted by Crippen LogP contribution is 2.44. The fraction of sp³-hybridized carbons (Fsp3) is 0.222. The van der Waals surface area contributed by atoms with Gasteiger partial charge < -0.3 is 8.83 Å². The smallest absolute Gasteiger partial charge is 0.228 e. The molecule has 0 saturated carbocycles. The van der Waals surface area contributed by atoms with E-state index in [4.69, 9.17) is 18.8 Å². The SMILES string of the molecule is Cc1cc(C(C)(C)C)cc(C)c1-c1ccc(-c2cc(C(C)C)c(-n3c(-c4cccc5c4oc4nc6c(cc45)oc4ccccc46)nc4ccccc43)c(C(C)C)c2)cc1. The highest BCUT2D eigenvalue weighted by molar-refractivity contribution is 6.13. The normalized spacial score (nSPS) is 12.5. The van der Waals surface area contributed by atoms with E-state index in [0.29, 0.717) is 5.71 Å². The quantitative estimate of drug-likeness (QED) is 0.169. The first-order valence-corrected chi connectivity index (χ1v) is 20.9. The van der Waals surface area contributed by atoms with Crippen molar-refractivity contribution in [2.75, 3.05) is 0 Å². The highest BCUT2D eigenvalue weighted by atomic mass is 16.3. The third-order valence-electron chi connectivity index (χ3n) is 12.2. The first kappa shape index (κ1) is 36.9. The summed E-state index contributed by atoms with van der Waals surface area (Å²) in [6, 6.07) is 43.6. The average Bonchev–Trinajstić information content (AvgIpc) is 3.90. The van der Waals surface area contributed by atoms with Crippen LogP contribution in [-0.4, -0.2) is 14.5 Å². The van der Waals surface area contributed by atoms with E-state index >= 15 is 0 Å². The van der Waals surface area contributed by atoms with Crippen LogP contribution in [-0.2, 0) is 5.41 Å². The second kappa shape index (κ2) is 13.6. The first-order chi connectivity index (χ1) is 28.4. The minimum absolute atomic E-state index is 0.109. The predicted octanol–water partition coefficient (Wildman–Crippen LogP) is 15.4. The van der Waals surface area contributed by atoms with E-state index < -0.39 is 0 Å². The maximum absolute atomic E-state index is 6.75. The van der Waals surface area contributed by atoms with Gasteiger partial charge in [0.25, 0.3) is 0 Å². The summed E-state index contributed by atoms with van der Waals surface area (Å²) in [6.07, 6.45) is 0. The van der Waals surface area contributed by atoms with Gasteiger partial charge in [-0.2, -0.15) is 0 Å². The van der Waals surface area contributed by atoms with E-state index in [9.17, 15) is 0 Å². The number of para-hydroxylation sites is 4. The van der Waals surface area contributed by atoms with E-state index in [2.05, 4.69) is 164 Å². The zero-order valence-corrected chi connectivity index (χ0v) is 35.4. The van der Waals surface area contributed by atoms with E-state index in [1.807, 2.05) is 24.3 Å². The number of benzene rings is 6. The Bertz CT molecular complexity index is 3220. The number of rotatable bonds is 6. The molecule has 0 fully saturated rings. The number of pyridine rings is 1. The molecule has 0 bridgehead atoms. The van der Waals surface area contributed by atoms with Gasteiger partial charge >= 0.3 is 0 Å². The molecule has 0 radical (unpaired) electrons. The van der Waals surface area contributed by atoms with Crippen molar-refractivity contribution in [3.05, 3.63) is 149 Å². The molecular formula is C54H49N3O2. The molecule has 59 heavy (non-hydrogen) atoms. The third-order valence-corrected chi connectivity index (χ3v) is 12.2. The molecule has 0 aliphatic rings. The number of hydrogen-bond acceptors (Lipinski definition) is 4. The lowest BCUT2D eigenvalue weighted by atomic mass is 9.82. The van der Waals surface area contributed by atoms with Gasteiger partial charge in [-0.25, -0.2) is 9.97 Å². The topological polar surface area (TPSA) is 57.0 Å². The van der Waals surface area contributed by atoms with Crippen LogP contribution in [0, 0.1) is 13.8 Å². The van der Waals surface area contributed by atoms with Crippen LogP contribution in [0.5, 0.6) is 0 Å². The van der Waals surface area contributed by atoms with Crippen LogP contribution >= 0.6 is 0 Å². The lowest BCUT2D eigenvalue weighted by Crippen LogP contribution is -2.12. The summed E-state index contributed by atoms with van der Waals surface area (Å²) < 4.78 is 15.4. The molecule has 4 heterocycles. The number of fused-ring (bicyclic) bond motifs is 7. The summed E-state index contributed by atoms with van der Waals surface area (Å²) in [6.45, 7) is 20.5. The zero-order valence-electron chi connectivity index (χ0n) is 35.4. The molecule has 0 saturated heterocycles. The molecule has 6 aromatic carbocycles. The second-order valence-electron chi connectivity index (χ2n) is 18.0. The molecule has 292 valence electrons. The van der Waals surface area contributed by atoms with Crippen molar-refractivity contribution in [3.8, 4) is 39.3 Å². The lowest BCUT2D eigenvalue weighted by Gasteiger charge is -2.24. The van der Waals surface area contributed by atoms with Gasteiger partial charge in [-0.05, 0) is 130 Å². The zero-order chi connectivity index (χ0) is 40.9. The van der Waals surface area contributed by atoms with Gasteiger partial charge in [0.1, 0.15) is 22.5 Å². The van der Waals surface area contributed by atoms with E-state index in [0.717, 1.165) is 60.8 Å². The van der Waals surface area contributed by atoms with E-state index in [1.165, 1.54) is 55.8 Å². The van der Waals surface area contributed by atoms with Gasteiger partial charge in [-0.15, -0.1) is 0 Å². The Morgan fingerprint density at radius 3 is 1.92 bits per heavy atom. The first-order valence-electron chi connectivity index (χ1n) is 20.9. The minimum atomic E-state index is 0.109. The van der Waals surface area contributed by atoms with Gasteiger partial charge in [0.15, 0.2) is 5.58 Å². The van der Waals surface area contributed by atoms with Crippen molar-refractivity contribution in [2.45, 2.75) is 79.6 Å². The molecule has 0 atom stereocenters. The molecule has 0 spiro atoms. The number of imidazole rings is 1. The largest absolute Gasteiger partial charge is 0.454 e. The maximum atomic E-state index is 6.75. The molecule has 0 N–H and O–H groups in total. The van der Waals surface area contributed by atoms with Crippen molar-refractivity contribution < 1.29 is 8.83 Å². The van der Waals surface area contributed by atoms with Crippen molar-refractivity contribution in [3.63, 3.8) is 0 Å². The fourth-order valence-electron chi connectivity index (χ4n) is 9.12. The van der Waals surface area contributed by atoms with Gasteiger partial charge in [0, 0.05) is 10.8 Å². The average molecular weight is 772 g/mol. The molecule has 0 aliphatic heterocycles. The maximum Gasteiger partial charge on any atom is 0.228 e.